The van der Waals surface area contributed by atoms with Crippen LogP contribution in [0.5, 0.6) is 11.5 Å². The Morgan fingerprint density at radius 3 is 2.44 bits per heavy atom. The lowest BCUT2D eigenvalue weighted by Crippen LogP contribution is -2.40. The van der Waals surface area contributed by atoms with E-state index >= 15 is 0 Å². The Kier molecular flexibility index (Phi) is 6.42. The van der Waals surface area contributed by atoms with Crippen LogP contribution >= 0.6 is 11.6 Å². The molecule has 2 fully saturated rings. The Hall–Kier alpha value is -2.99. The van der Waals surface area contributed by atoms with Crippen LogP contribution < -0.4 is 4.74 Å². The fraction of sp³-hybridized carbons (Fsp3) is 0.360. The molecule has 2 N–H and O–H groups in total. The van der Waals surface area contributed by atoms with Crippen molar-refractivity contribution in [1.29, 1.82) is 0 Å². The van der Waals surface area contributed by atoms with E-state index in [4.69, 9.17) is 16.3 Å². The minimum Gasteiger partial charge on any atom is -0.508 e. The van der Waals surface area contributed by atoms with E-state index in [0.29, 0.717) is 28.5 Å². The molecular weight excluding hydrogens is 430 g/mol. The molecule has 32 heavy (non-hydrogen) atoms. The number of hydrogen-bond acceptors (Lipinski definition) is 5. The first kappa shape index (κ1) is 22.2. The normalized spacial score (nSPS) is 21.2. The summed E-state index contributed by atoms with van der Waals surface area (Å²) in [5.41, 5.74) is 1.05. The van der Waals surface area contributed by atoms with Crippen molar-refractivity contribution in [3.8, 4) is 11.5 Å². The number of nitrogens with zero attached hydrogens (tertiary/aromatic N) is 1. The van der Waals surface area contributed by atoms with Crippen LogP contribution in [0.15, 0.2) is 48.0 Å². The number of phenolic OH excluding ortho intramolecular Hbond substituents is 1. The van der Waals surface area contributed by atoms with Crippen molar-refractivity contribution in [3.05, 3.63) is 64.2 Å². The Bertz CT molecular complexity index is 1060. The maximum atomic E-state index is 13.2. The number of rotatable bonds is 5. The molecule has 2 aromatic carbocycles. The predicted molar refractivity (Wildman–Crippen MR) is 122 cm³/mol. The number of benzene rings is 2. The average molecular weight is 456 g/mol. The van der Waals surface area contributed by atoms with Crippen LogP contribution in [0.4, 0.5) is 0 Å². The molecule has 1 unspecified atom stereocenters. The number of phenols is 1. The van der Waals surface area contributed by atoms with Crippen molar-refractivity contribution in [2.45, 2.75) is 51.1 Å². The third-order valence-electron chi connectivity index (χ3n) is 6.16. The predicted octanol–water partition coefficient (Wildman–Crippen LogP) is 5.20. The van der Waals surface area contributed by atoms with Gasteiger partial charge >= 0.3 is 0 Å². The van der Waals surface area contributed by atoms with Gasteiger partial charge in [-0.05, 0) is 55.7 Å². The van der Waals surface area contributed by atoms with Crippen LogP contribution in [0.25, 0.3) is 5.76 Å². The van der Waals surface area contributed by atoms with Crippen LogP contribution in [-0.2, 0) is 9.59 Å². The van der Waals surface area contributed by atoms with Crippen LogP contribution in [0.3, 0.4) is 0 Å². The molecule has 1 heterocycles. The maximum absolute atomic E-state index is 13.2. The van der Waals surface area contributed by atoms with E-state index in [0.717, 1.165) is 32.1 Å². The fourth-order valence-corrected chi connectivity index (χ4v) is 4.81. The van der Waals surface area contributed by atoms with E-state index in [1.54, 1.807) is 35.2 Å². The van der Waals surface area contributed by atoms with Gasteiger partial charge in [0.05, 0.1) is 23.2 Å². The molecule has 0 aromatic heterocycles. The Morgan fingerprint density at radius 2 is 1.78 bits per heavy atom. The van der Waals surface area contributed by atoms with Crippen molar-refractivity contribution < 1.29 is 24.5 Å². The van der Waals surface area contributed by atoms with Gasteiger partial charge in [0.25, 0.3) is 11.7 Å². The van der Waals surface area contributed by atoms with Gasteiger partial charge in [0.15, 0.2) is 0 Å². The average Bonchev–Trinajstić information content (AvgIpc) is 3.06. The topological polar surface area (TPSA) is 87.1 Å². The number of halogens is 1. The number of hydrogen-bond donors (Lipinski definition) is 2. The SMILES string of the molecule is CCOc1cc(/C(O)=C2/C(=O)C(=O)N(C3CCCCC3)C2c2ccc(O)cc2)ccc1Cl. The van der Waals surface area contributed by atoms with E-state index < -0.39 is 17.7 Å². The summed E-state index contributed by atoms with van der Waals surface area (Å²) in [6, 6.07) is 10.4. The molecule has 1 saturated heterocycles. The van der Waals surface area contributed by atoms with E-state index in [1.807, 2.05) is 6.92 Å². The van der Waals surface area contributed by atoms with Crippen molar-refractivity contribution >= 4 is 29.1 Å². The van der Waals surface area contributed by atoms with Gasteiger partial charge in [0.1, 0.15) is 17.3 Å². The van der Waals surface area contributed by atoms with Crippen LogP contribution in [-0.4, -0.2) is 39.5 Å². The second kappa shape index (κ2) is 9.25. The molecule has 4 rings (SSSR count). The highest BCUT2D eigenvalue weighted by Crippen LogP contribution is 2.43. The van der Waals surface area contributed by atoms with Gasteiger partial charge in [0, 0.05) is 11.6 Å². The van der Waals surface area contributed by atoms with Crippen LogP contribution in [0, 0.1) is 0 Å². The van der Waals surface area contributed by atoms with Gasteiger partial charge < -0.3 is 19.8 Å². The molecule has 168 valence electrons. The van der Waals surface area contributed by atoms with Crippen molar-refractivity contribution in [2.24, 2.45) is 0 Å². The molecule has 0 radical (unpaired) electrons. The van der Waals surface area contributed by atoms with Gasteiger partial charge in [-0.1, -0.05) is 43.0 Å². The molecule has 7 heteroatoms. The quantitative estimate of drug-likeness (QED) is 0.367. The second-order valence-corrected chi connectivity index (χ2v) is 8.58. The molecule has 1 aliphatic heterocycles. The lowest BCUT2D eigenvalue weighted by Gasteiger charge is -2.35. The van der Waals surface area contributed by atoms with Crippen molar-refractivity contribution in [1.82, 2.24) is 4.90 Å². The van der Waals surface area contributed by atoms with E-state index in [9.17, 15) is 19.8 Å². The molecule has 0 spiro atoms. The van der Waals surface area contributed by atoms with E-state index in [1.165, 1.54) is 12.1 Å². The summed E-state index contributed by atoms with van der Waals surface area (Å²) in [6.07, 6.45) is 4.72. The number of amides is 1. The number of likely N-dealkylation sites (tertiary alicyclic amines) is 1. The lowest BCUT2D eigenvalue weighted by molar-refractivity contribution is -0.141. The lowest BCUT2D eigenvalue weighted by atomic mass is 9.91. The first-order valence-electron chi connectivity index (χ1n) is 10.9. The number of aliphatic hydroxyl groups is 1. The van der Waals surface area contributed by atoms with Crippen LogP contribution in [0.1, 0.15) is 56.2 Å². The zero-order chi connectivity index (χ0) is 22.8. The summed E-state index contributed by atoms with van der Waals surface area (Å²) in [4.78, 5) is 28.0. The van der Waals surface area contributed by atoms with E-state index in [2.05, 4.69) is 0 Å². The summed E-state index contributed by atoms with van der Waals surface area (Å²) in [7, 11) is 0. The summed E-state index contributed by atoms with van der Waals surface area (Å²) in [6.45, 7) is 2.22. The Balaban J connectivity index is 1.86. The van der Waals surface area contributed by atoms with Gasteiger partial charge in [0.2, 0.25) is 0 Å². The zero-order valence-corrected chi connectivity index (χ0v) is 18.6. The minimum atomic E-state index is -0.732. The highest BCUT2D eigenvalue weighted by Gasteiger charge is 2.48. The molecule has 1 atom stereocenters. The number of Topliss-reactive ketones (excluding diaryl/α,β-unsaturated/α-hetero) is 1. The summed E-state index contributed by atoms with van der Waals surface area (Å²) in [5.74, 6) is -1.10. The first-order valence-corrected chi connectivity index (χ1v) is 11.3. The number of aromatic hydroxyl groups is 1. The number of carbonyl (C=O) groups is 2. The number of ether oxygens (including phenoxy) is 1. The number of ketones is 1. The molecular formula is C25H26ClNO5. The smallest absolute Gasteiger partial charge is 0.295 e. The summed E-state index contributed by atoms with van der Waals surface area (Å²) in [5, 5.41) is 21.4. The Labute approximate surface area is 192 Å². The highest BCUT2D eigenvalue weighted by molar-refractivity contribution is 6.46. The summed E-state index contributed by atoms with van der Waals surface area (Å²) >= 11 is 6.18. The third-order valence-corrected chi connectivity index (χ3v) is 6.47. The van der Waals surface area contributed by atoms with Crippen molar-refractivity contribution in [2.75, 3.05) is 6.61 Å². The Morgan fingerprint density at radius 1 is 1.09 bits per heavy atom. The van der Waals surface area contributed by atoms with Gasteiger partial charge in [-0.2, -0.15) is 0 Å². The molecule has 6 nitrogen and oxygen atoms in total. The standard InChI is InChI=1S/C25H26ClNO5/c1-2-32-20-14-16(10-13-19(20)26)23(29)21-22(15-8-11-18(28)12-9-15)27(25(31)24(21)30)17-6-4-3-5-7-17/h8-14,17,22,28-29H,2-7H2,1H3/b23-21-. The van der Waals surface area contributed by atoms with Crippen LogP contribution in [0.2, 0.25) is 5.02 Å². The largest absolute Gasteiger partial charge is 0.508 e. The van der Waals surface area contributed by atoms with Gasteiger partial charge in [-0.15, -0.1) is 0 Å². The maximum Gasteiger partial charge on any atom is 0.295 e. The van der Waals surface area contributed by atoms with E-state index in [-0.39, 0.29) is 23.1 Å². The fourth-order valence-electron chi connectivity index (χ4n) is 4.64. The highest BCUT2D eigenvalue weighted by atomic mass is 35.5. The monoisotopic (exact) mass is 455 g/mol. The first-order chi connectivity index (χ1) is 15.4. The molecule has 1 amide bonds. The summed E-state index contributed by atoms with van der Waals surface area (Å²) < 4.78 is 5.52. The third kappa shape index (κ3) is 4.07. The minimum absolute atomic E-state index is 0.0380. The molecule has 1 saturated carbocycles. The van der Waals surface area contributed by atoms with Crippen molar-refractivity contribution in [3.63, 3.8) is 0 Å². The zero-order valence-electron chi connectivity index (χ0n) is 17.9. The molecule has 2 aliphatic rings. The van der Waals surface area contributed by atoms with Gasteiger partial charge in [-0.3, -0.25) is 9.59 Å². The number of carbonyl (C=O) groups excluding carboxylic acids is 2. The van der Waals surface area contributed by atoms with Gasteiger partial charge in [-0.25, -0.2) is 0 Å². The molecule has 2 aromatic rings. The number of aliphatic hydroxyl groups excluding tert-OH is 1. The second-order valence-electron chi connectivity index (χ2n) is 8.17. The molecule has 0 bridgehead atoms. The molecule has 1 aliphatic carbocycles.